The minimum Gasteiger partial charge on any atom is -0.497 e. The van der Waals surface area contributed by atoms with Crippen LogP contribution in [0.3, 0.4) is 0 Å². The number of hydrogen-bond donors (Lipinski definition) is 1. The highest BCUT2D eigenvalue weighted by atomic mass is 16.5. The fraction of sp³-hybridized carbons (Fsp3) is 0.231. The Kier molecular flexibility index (Phi) is 2.97. The van der Waals surface area contributed by atoms with E-state index in [1.807, 2.05) is 31.2 Å². The zero-order valence-corrected chi connectivity index (χ0v) is 9.31. The highest BCUT2D eigenvalue weighted by Gasteiger charge is 2.14. The Bertz CT molecular complexity index is 456. The summed E-state index contributed by atoms with van der Waals surface area (Å²) in [6, 6.07) is 9.12. The van der Waals surface area contributed by atoms with E-state index in [-0.39, 0.29) is 0 Å². The summed E-state index contributed by atoms with van der Waals surface area (Å²) in [5.41, 5.74) is 1.62. The Morgan fingerprint density at radius 3 is 2.38 bits per heavy atom. The first-order chi connectivity index (χ1) is 7.72. The van der Waals surface area contributed by atoms with Crippen molar-refractivity contribution in [2.45, 2.75) is 13.0 Å². The van der Waals surface area contributed by atoms with Gasteiger partial charge < -0.3 is 14.3 Å². The summed E-state index contributed by atoms with van der Waals surface area (Å²) in [6.45, 7) is 1.84. The summed E-state index contributed by atoms with van der Waals surface area (Å²) in [5, 5.41) is 10.1. The van der Waals surface area contributed by atoms with Crippen LogP contribution in [0.5, 0.6) is 5.75 Å². The molecule has 1 atom stereocenters. The minimum absolute atomic E-state index is 0.648. The monoisotopic (exact) mass is 218 g/mol. The highest BCUT2D eigenvalue weighted by molar-refractivity contribution is 5.34. The molecular weight excluding hydrogens is 204 g/mol. The van der Waals surface area contributed by atoms with Crippen molar-refractivity contribution in [3.05, 3.63) is 53.5 Å². The standard InChI is InChI=1S/C13H14O3/c1-9-12(7-8-16-9)13(14)10-3-5-11(15-2)6-4-10/h3-8,13-14H,1-2H3. The SMILES string of the molecule is COc1ccc(C(O)c2ccoc2C)cc1. The molecule has 2 aromatic rings. The van der Waals surface area contributed by atoms with Gasteiger partial charge in [0.1, 0.15) is 17.6 Å². The van der Waals surface area contributed by atoms with Gasteiger partial charge in [0.15, 0.2) is 0 Å². The van der Waals surface area contributed by atoms with Gasteiger partial charge in [0, 0.05) is 5.56 Å². The van der Waals surface area contributed by atoms with Gasteiger partial charge in [-0.2, -0.15) is 0 Å². The summed E-state index contributed by atoms with van der Waals surface area (Å²) in [4.78, 5) is 0. The molecule has 16 heavy (non-hydrogen) atoms. The molecule has 0 amide bonds. The lowest BCUT2D eigenvalue weighted by atomic mass is 10.0. The Labute approximate surface area is 94.3 Å². The van der Waals surface area contributed by atoms with Gasteiger partial charge in [-0.05, 0) is 30.7 Å². The van der Waals surface area contributed by atoms with Gasteiger partial charge in [-0.1, -0.05) is 12.1 Å². The third-order valence-corrected chi connectivity index (χ3v) is 2.63. The third-order valence-electron chi connectivity index (χ3n) is 2.63. The van der Waals surface area contributed by atoms with E-state index in [0.717, 1.165) is 22.6 Å². The van der Waals surface area contributed by atoms with Crippen LogP contribution in [0.15, 0.2) is 41.0 Å². The van der Waals surface area contributed by atoms with Crippen molar-refractivity contribution in [3.63, 3.8) is 0 Å². The molecule has 0 saturated heterocycles. The van der Waals surface area contributed by atoms with Gasteiger partial charge in [-0.25, -0.2) is 0 Å². The molecule has 0 bridgehead atoms. The normalized spacial score (nSPS) is 12.4. The number of rotatable bonds is 3. The van der Waals surface area contributed by atoms with E-state index in [0.29, 0.717) is 0 Å². The van der Waals surface area contributed by atoms with Gasteiger partial charge in [0.25, 0.3) is 0 Å². The lowest BCUT2D eigenvalue weighted by molar-refractivity contribution is 0.218. The fourth-order valence-corrected chi connectivity index (χ4v) is 1.64. The second kappa shape index (κ2) is 4.41. The van der Waals surface area contributed by atoms with Gasteiger partial charge in [-0.3, -0.25) is 0 Å². The highest BCUT2D eigenvalue weighted by Crippen LogP contribution is 2.26. The number of aliphatic hydroxyl groups is 1. The maximum atomic E-state index is 10.1. The molecular formula is C13H14O3. The molecule has 1 heterocycles. The van der Waals surface area contributed by atoms with Crippen molar-refractivity contribution in [2.75, 3.05) is 7.11 Å². The van der Waals surface area contributed by atoms with Crippen LogP contribution in [-0.2, 0) is 0 Å². The zero-order chi connectivity index (χ0) is 11.5. The first kappa shape index (κ1) is 10.8. The van der Waals surface area contributed by atoms with E-state index in [9.17, 15) is 5.11 Å². The Morgan fingerprint density at radius 1 is 1.19 bits per heavy atom. The molecule has 3 heteroatoms. The van der Waals surface area contributed by atoms with Crippen LogP contribution in [0.4, 0.5) is 0 Å². The molecule has 0 saturated carbocycles. The first-order valence-electron chi connectivity index (χ1n) is 5.08. The van der Waals surface area contributed by atoms with Crippen LogP contribution >= 0.6 is 0 Å². The average Bonchev–Trinajstić information content (AvgIpc) is 2.75. The van der Waals surface area contributed by atoms with Gasteiger partial charge in [0.05, 0.1) is 13.4 Å². The molecule has 0 spiro atoms. The fourth-order valence-electron chi connectivity index (χ4n) is 1.64. The van der Waals surface area contributed by atoms with Gasteiger partial charge in [-0.15, -0.1) is 0 Å². The number of hydrogen-bond acceptors (Lipinski definition) is 3. The van der Waals surface area contributed by atoms with Gasteiger partial charge >= 0.3 is 0 Å². The van der Waals surface area contributed by atoms with Crippen LogP contribution < -0.4 is 4.74 Å². The summed E-state index contributed by atoms with van der Waals surface area (Å²) in [6.07, 6.45) is 0.932. The first-order valence-corrected chi connectivity index (χ1v) is 5.08. The topological polar surface area (TPSA) is 42.6 Å². The van der Waals surface area contributed by atoms with Crippen LogP contribution in [0.25, 0.3) is 0 Å². The lowest BCUT2D eigenvalue weighted by Gasteiger charge is -2.10. The van der Waals surface area contributed by atoms with E-state index in [2.05, 4.69) is 0 Å². The number of aryl methyl sites for hydroxylation is 1. The maximum absolute atomic E-state index is 10.1. The predicted molar refractivity (Wildman–Crippen MR) is 60.5 cm³/mol. The van der Waals surface area contributed by atoms with E-state index in [1.54, 1.807) is 19.4 Å². The van der Waals surface area contributed by atoms with Crippen LogP contribution in [-0.4, -0.2) is 12.2 Å². The van der Waals surface area contributed by atoms with Crippen LogP contribution in [0.2, 0.25) is 0 Å². The molecule has 2 rings (SSSR count). The summed E-state index contributed by atoms with van der Waals surface area (Å²) in [7, 11) is 1.62. The predicted octanol–water partition coefficient (Wildman–Crippen LogP) is 2.68. The van der Waals surface area contributed by atoms with Crippen molar-refractivity contribution in [2.24, 2.45) is 0 Å². The smallest absolute Gasteiger partial charge is 0.118 e. The van der Waals surface area contributed by atoms with E-state index in [4.69, 9.17) is 9.15 Å². The number of methoxy groups -OCH3 is 1. The number of ether oxygens (including phenoxy) is 1. The molecule has 0 aliphatic heterocycles. The average molecular weight is 218 g/mol. The Hall–Kier alpha value is -1.74. The minimum atomic E-state index is -0.648. The zero-order valence-electron chi connectivity index (χ0n) is 9.31. The van der Waals surface area contributed by atoms with E-state index >= 15 is 0 Å². The van der Waals surface area contributed by atoms with E-state index < -0.39 is 6.10 Å². The largest absolute Gasteiger partial charge is 0.497 e. The molecule has 84 valence electrons. The van der Waals surface area contributed by atoms with Crippen LogP contribution in [0.1, 0.15) is 23.0 Å². The van der Waals surface area contributed by atoms with Crippen molar-refractivity contribution >= 4 is 0 Å². The second-order valence-electron chi connectivity index (χ2n) is 3.61. The van der Waals surface area contributed by atoms with Crippen molar-refractivity contribution in [3.8, 4) is 5.75 Å². The molecule has 1 aromatic carbocycles. The summed E-state index contributed by atoms with van der Waals surface area (Å²) >= 11 is 0. The number of benzene rings is 1. The third kappa shape index (κ3) is 1.95. The molecule has 1 aromatic heterocycles. The Morgan fingerprint density at radius 2 is 1.88 bits per heavy atom. The molecule has 1 unspecified atom stereocenters. The van der Waals surface area contributed by atoms with Crippen molar-refractivity contribution in [1.82, 2.24) is 0 Å². The lowest BCUT2D eigenvalue weighted by Crippen LogP contribution is -1.99. The summed E-state index contributed by atoms with van der Waals surface area (Å²) in [5.74, 6) is 1.52. The Balaban J connectivity index is 2.27. The molecule has 0 fully saturated rings. The summed E-state index contributed by atoms with van der Waals surface area (Å²) < 4.78 is 10.2. The number of aliphatic hydroxyl groups excluding tert-OH is 1. The molecule has 3 nitrogen and oxygen atoms in total. The molecule has 1 N–H and O–H groups in total. The van der Waals surface area contributed by atoms with Crippen molar-refractivity contribution < 1.29 is 14.3 Å². The maximum Gasteiger partial charge on any atom is 0.118 e. The molecule has 0 aliphatic carbocycles. The van der Waals surface area contributed by atoms with Gasteiger partial charge in [0.2, 0.25) is 0 Å². The quantitative estimate of drug-likeness (QED) is 0.861. The van der Waals surface area contributed by atoms with Crippen molar-refractivity contribution in [1.29, 1.82) is 0 Å². The van der Waals surface area contributed by atoms with Crippen LogP contribution in [0, 0.1) is 6.92 Å². The number of furan rings is 1. The second-order valence-corrected chi connectivity index (χ2v) is 3.61. The molecule has 0 radical (unpaired) electrons. The molecule has 0 aliphatic rings. The van der Waals surface area contributed by atoms with E-state index in [1.165, 1.54) is 0 Å².